The monoisotopic (exact) mass is 438 g/mol. The molecule has 3 aromatic heterocycles. The molecule has 0 unspecified atom stereocenters. The summed E-state index contributed by atoms with van der Waals surface area (Å²) in [6.07, 6.45) is 3.65. The van der Waals surface area contributed by atoms with Crippen LogP contribution in [0.25, 0.3) is 11.3 Å². The molecule has 140 valence electrons. The van der Waals surface area contributed by atoms with Gasteiger partial charge in [0, 0.05) is 28.4 Å². The Balaban J connectivity index is 1.81. The highest BCUT2D eigenvalue weighted by Crippen LogP contribution is 2.36. The normalized spacial score (nSPS) is 12.1. The molecular formula is C18H16Cl2N4OS2. The number of pyridine rings is 2. The van der Waals surface area contributed by atoms with Gasteiger partial charge in [0.1, 0.15) is 10.1 Å². The number of fused-ring (bicyclic) bond motifs is 1. The Bertz CT molecular complexity index is 1000. The maximum Gasteiger partial charge on any atom is 0.212 e. The number of rotatable bonds is 7. The van der Waals surface area contributed by atoms with Gasteiger partial charge in [-0.25, -0.2) is 9.97 Å². The molecule has 0 saturated carbocycles. The van der Waals surface area contributed by atoms with Gasteiger partial charge in [-0.3, -0.25) is 9.39 Å². The number of imidazole rings is 1. The van der Waals surface area contributed by atoms with E-state index in [0.717, 1.165) is 16.3 Å². The molecular weight excluding hydrogens is 423 g/mol. The van der Waals surface area contributed by atoms with Gasteiger partial charge in [0.05, 0.1) is 23.5 Å². The fraction of sp³-hybridized carbons (Fsp3) is 0.167. The highest BCUT2D eigenvalue weighted by atomic mass is 35.5. The van der Waals surface area contributed by atoms with E-state index in [0.29, 0.717) is 31.7 Å². The summed E-state index contributed by atoms with van der Waals surface area (Å²) >= 11 is 15.9. The van der Waals surface area contributed by atoms with E-state index in [-0.39, 0.29) is 0 Å². The van der Waals surface area contributed by atoms with Crippen LogP contribution < -0.4 is 4.74 Å². The van der Waals surface area contributed by atoms with E-state index in [1.54, 1.807) is 31.1 Å². The Labute approximate surface area is 175 Å². The molecule has 0 N–H and O–H groups in total. The number of ether oxygens (including phenoxy) is 1. The molecule has 0 bridgehead atoms. The van der Waals surface area contributed by atoms with Crippen LogP contribution in [-0.2, 0) is 0 Å². The van der Waals surface area contributed by atoms with Crippen molar-refractivity contribution in [3.8, 4) is 5.88 Å². The lowest BCUT2D eigenvalue weighted by Crippen LogP contribution is -1.94. The molecule has 5 nitrogen and oxygen atoms in total. The Morgan fingerprint density at radius 2 is 2.19 bits per heavy atom. The standard InChI is InChI=1S/C18H16Cl2N4OS2/c1-11-16(24-8-4-5-13(19)18(24)23-11)15(21-2)17(20)27-10-26-12-6-7-14(25-3)22-9-12/h4-9H,2,10H2,1,3H3/b17-15-. The first-order chi connectivity index (χ1) is 13.0. The largest absolute Gasteiger partial charge is 0.481 e. The average molecular weight is 439 g/mol. The summed E-state index contributed by atoms with van der Waals surface area (Å²) < 4.78 is 7.49. The van der Waals surface area contributed by atoms with Gasteiger partial charge >= 0.3 is 0 Å². The summed E-state index contributed by atoms with van der Waals surface area (Å²) in [5.74, 6) is 0.588. The van der Waals surface area contributed by atoms with E-state index < -0.39 is 0 Å². The lowest BCUT2D eigenvalue weighted by atomic mass is 10.3. The van der Waals surface area contributed by atoms with Crippen LogP contribution in [0.15, 0.2) is 50.9 Å². The topological polar surface area (TPSA) is 51.8 Å². The zero-order valence-corrected chi connectivity index (χ0v) is 17.8. The van der Waals surface area contributed by atoms with E-state index in [1.807, 2.05) is 35.7 Å². The summed E-state index contributed by atoms with van der Waals surface area (Å²) in [6, 6.07) is 7.44. The molecule has 0 fully saturated rings. The first-order valence-electron chi connectivity index (χ1n) is 7.80. The van der Waals surface area contributed by atoms with Crippen molar-refractivity contribution >= 4 is 64.8 Å². The molecule has 0 aliphatic carbocycles. The molecule has 3 aromatic rings. The van der Waals surface area contributed by atoms with Crippen LogP contribution in [0.1, 0.15) is 11.4 Å². The van der Waals surface area contributed by atoms with Crippen molar-refractivity contribution in [2.45, 2.75) is 11.8 Å². The molecule has 0 amide bonds. The molecule has 27 heavy (non-hydrogen) atoms. The van der Waals surface area contributed by atoms with Crippen molar-refractivity contribution in [1.82, 2.24) is 14.4 Å². The number of hydrogen-bond donors (Lipinski definition) is 0. The smallest absolute Gasteiger partial charge is 0.212 e. The molecule has 3 heterocycles. The summed E-state index contributed by atoms with van der Waals surface area (Å²) in [6.45, 7) is 5.58. The Morgan fingerprint density at radius 1 is 1.37 bits per heavy atom. The third-order valence-corrected chi connectivity index (χ3v) is 6.44. The van der Waals surface area contributed by atoms with Crippen LogP contribution in [0, 0.1) is 6.92 Å². The molecule has 3 rings (SSSR count). The van der Waals surface area contributed by atoms with E-state index in [9.17, 15) is 0 Å². The maximum atomic E-state index is 6.55. The quantitative estimate of drug-likeness (QED) is 0.267. The third-order valence-electron chi connectivity index (χ3n) is 3.67. The zero-order chi connectivity index (χ0) is 19.4. The molecule has 0 aliphatic rings. The van der Waals surface area contributed by atoms with Gasteiger partial charge in [0.15, 0.2) is 5.65 Å². The minimum Gasteiger partial charge on any atom is -0.481 e. The van der Waals surface area contributed by atoms with Crippen molar-refractivity contribution in [2.75, 3.05) is 12.2 Å². The van der Waals surface area contributed by atoms with Gasteiger partial charge in [-0.1, -0.05) is 23.2 Å². The second kappa shape index (κ2) is 9.01. The second-order valence-corrected chi connectivity index (χ2v) is 8.73. The number of aromatic nitrogens is 3. The predicted octanol–water partition coefficient (Wildman–Crippen LogP) is 5.75. The fourth-order valence-electron chi connectivity index (χ4n) is 2.45. The second-order valence-electron chi connectivity index (χ2n) is 5.32. The van der Waals surface area contributed by atoms with Crippen LogP contribution in [0.3, 0.4) is 0 Å². The number of nitrogens with zero attached hydrogens (tertiary/aromatic N) is 4. The number of halogens is 2. The molecule has 0 atom stereocenters. The van der Waals surface area contributed by atoms with Gasteiger partial charge in [0.2, 0.25) is 5.88 Å². The first-order valence-corrected chi connectivity index (χ1v) is 10.5. The van der Waals surface area contributed by atoms with Crippen LogP contribution in [0.4, 0.5) is 0 Å². The Morgan fingerprint density at radius 3 is 2.85 bits per heavy atom. The highest BCUT2D eigenvalue weighted by Gasteiger charge is 2.17. The first kappa shape index (κ1) is 20.1. The fourth-order valence-corrected chi connectivity index (χ4v) is 4.99. The van der Waals surface area contributed by atoms with Crippen molar-refractivity contribution in [1.29, 1.82) is 0 Å². The van der Waals surface area contributed by atoms with Crippen molar-refractivity contribution in [3.63, 3.8) is 0 Å². The number of aryl methyl sites for hydroxylation is 1. The summed E-state index contributed by atoms with van der Waals surface area (Å²) in [4.78, 5) is 13.9. The lowest BCUT2D eigenvalue weighted by molar-refractivity contribution is 0.397. The predicted molar refractivity (Wildman–Crippen MR) is 116 cm³/mol. The average Bonchev–Trinajstić information content (AvgIpc) is 3.01. The van der Waals surface area contributed by atoms with Gasteiger partial charge in [-0.05, 0) is 31.8 Å². The lowest BCUT2D eigenvalue weighted by Gasteiger charge is -2.08. The number of thioether (sulfide) groups is 2. The van der Waals surface area contributed by atoms with E-state index in [1.165, 1.54) is 11.8 Å². The van der Waals surface area contributed by atoms with Crippen molar-refractivity contribution < 1.29 is 4.74 Å². The van der Waals surface area contributed by atoms with E-state index >= 15 is 0 Å². The maximum absolute atomic E-state index is 6.55. The van der Waals surface area contributed by atoms with Crippen LogP contribution >= 0.6 is 46.7 Å². The summed E-state index contributed by atoms with van der Waals surface area (Å²) in [7, 11) is 1.59. The zero-order valence-electron chi connectivity index (χ0n) is 14.6. The molecule has 0 spiro atoms. The Hall–Kier alpha value is -1.67. The number of hydrogen-bond acceptors (Lipinski definition) is 6. The molecule has 0 saturated heterocycles. The van der Waals surface area contributed by atoms with Gasteiger partial charge < -0.3 is 4.74 Å². The van der Waals surface area contributed by atoms with Crippen LogP contribution in [0.2, 0.25) is 5.02 Å². The van der Waals surface area contributed by atoms with Crippen LogP contribution in [-0.4, -0.2) is 33.3 Å². The number of methoxy groups -OCH3 is 1. The van der Waals surface area contributed by atoms with Crippen LogP contribution in [0.5, 0.6) is 5.88 Å². The van der Waals surface area contributed by atoms with E-state index in [4.69, 9.17) is 27.9 Å². The van der Waals surface area contributed by atoms with E-state index in [2.05, 4.69) is 21.7 Å². The molecule has 0 radical (unpaired) electrons. The number of aliphatic imine (C=N–C) groups is 1. The minimum absolute atomic E-state index is 0.545. The minimum atomic E-state index is 0.545. The molecule has 9 heteroatoms. The highest BCUT2D eigenvalue weighted by molar-refractivity contribution is 8.18. The molecule has 0 aliphatic heterocycles. The summed E-state index contributed by atoms with van der Waals surface area (Å²) in [5, 5.41) is 1.27. The summed E-state index contributed by atoms with van der Waals surface area (Å²) in [5.41, 5.74) is 2.83. The third kappa shape index (κ3) is 4.43. The SMILES string of the molecule is C=N/C(=C(/Cl)SCSc1ccc(OC)nc1)c1c(C)nc2c(Cl)cccn12. The Kier molecular flexibility index (Phi) is 6.70. The van der Waals surface area contributed by atoms with Gasteiger partial charge in [0.25, 0.3) is 0 Å². The van der Waals surface area contributed by atoms with Crippen molar-refractivity contribution in [2.24, 2.45) is 4.99 Å². The molecule has 0 aromatic carbocycles. The van der Waals surface area contributed by atoms with Gasteiger partial charge in [-0.2, -0.15) is 0 Å². The van der Waals surface area contributed by atoms with Gasteiger partial charge in [-0.15, -0.1) is 23.5 Å². The van der Waals surface area contributed by atoms with Crippen molar-refractivity contribution in [3.05, 3.63) is 57.4 Å².